The van der Waals surface area contributed by atoms with Gasteiger partial charge in [0.05, 0.1) is 30.6 Å². The van der Waals surface area contributed by atoms with Gasteiger partial charge >= 0.3 is 0 Å². The molecule has 2 aliphatic heterocycles. The van der Waals surface area contributed by atoms with E-state index in [0.717, 1.165) is 12.8 Å². The second-order valence-corrected chi connectivity index (χ2v) is 16.9. The number of hydrogen-bond acceptors (Lipinski definition) is 4. The van der Waals surface area contributed by atoms with Crippen molar-refractivity contribution >= 4 is 46.2 Å². The summed E-state index contributed by atoms with van der Waals surface area (Å²) in [7, 11) is 0. The van der Waals surface area contributed by atoms with Crippen molar-refractivity contribution in [1.82, 2.24) is 4.57 Å². The largest absolute Gasteiger partial charge is 0.308 e. The Morgan fingerprint density at radius 3 is 1.62 bits per heavy atom. The first-order valence-electron chi connectivity index (χ1n) is 14.0. The average Bonchev–Trinajstić information content (AvgIpc) is 3.76. The van der Waals surface area contributed by atoms with Gasteiger partial charge in [-0.2, -0.15) is 0 Å². The third-order valence-electron chi connectivity index (χ3n) is 9.33. The van der Waals surface area contributed by atoms with E-state index in [1.807, 2.05) is 0 Å². The highest BCUT2D eigenvalue weighted by Gasteiger charge is 2.59. The van der Waals surface area contributed by atoms with Crippen LogP contribution in [0.5, 0.6) is 0 Å². The lowest BCUT2D eigenvalue weighted by Gasteiger charge is -2.47. The van der Waals surface area contributed by atoms with Crippen molar-refractivity contribution in [3.8, 4) is 26.8 Å². The van der Waals surface area contributed by atoms with E-state index in [2.05, 4.69) is 139 Å². The van der Waals surface area contributed by atoms with Gasteiger partial charge in [-0.25, -0.2) is 0 Å². The van der Waals surface area contributed by atoms with E-state index in [0.29, 0.717) is 5.92 Å². The van der Waals surface area contributed by atoms with Crippen molar-refractivity contribution in [2.45, 2.75) is 55.9 Å². The van der Waals surface area contributed by atoms with Gasteiger partial charge in [-0.15, -0.1) is 46.2 Å². The quantitative estimate of drug-likeness (QED) is 0.232. The Morgan fingerprint density at radius 1 is 0.675 bits per heavy atom. The van der Waals surface area contributed by atoms with Gasteiger partial charge < -0.3 is 4.57 Å². The van der Waals surface area contributed by atoms with Crippen LogP contribution in [0.25, 0.3) is 26.8 Å². The van der Waals surface area contributed by atoms with Crippen molar-refractivity contribution in [2.75, 3.05) is 0 Å². The summed E-state index contributed by atoms with van der Waals surface area (Å²) in [5, 5.41) is 4.33. The van der Waals surface area contributed by atoms with Gasteiger partial charge in [0.2, 0.25) is 0 Å². The summed E-state index contributed by atoms with van der Waals surface area (Å²) in [6.07, 6.45) is 7.30. The summed E-state index contributed by atoms with van der Waals surface area (Å²) in [6.45, 7) is 9.59. The molecule has 0 saturated heterocycles. The SMILES string of the molecule is CC1=CC2=C3CC(c4ccc(-n5c(-c6cccs6)ccc5-c5cccs5)cc4)CC3=C3C=C(C)SC3(C)C2(C)S1. The molecule has 2 unspecified atom stereocenters. The third kappa shape index (κ3) is 3.54. The topological polar surface area (TPSA) is 4.93 Å². The number of allylic oxidation sites excluding steroid dienone is 6. The fourth-order valence-corrected chi connectivity index (χ4v) is 12.0. The Kier molecular flexibility index (Phi) is 5.71. The second kappa shape index (κ2) is 9.03. The normalized spacial score (nSPS) is 27.1. The molecule has 1 nitrogen and oxygen atoms in total. The van der Waals surface area contributed by atoms with Crippen LogP contribution in [-0.4, -0.2) is 14.1 Å². The molecule has 1 fully saturated rings. The van der Waals surface area contributed by atoms with Crippen LogP contribution >= 0.6 is 46.2 Å². The molecule has 200 valence electrons. The maximum absolute atomic E-state index is 2.51. The maximum atomic E-state index is 2.51. The highest BCUT2D eigenvalue weighted by molar-refractivity contribution is 8.09. The van der Waals surface area contributed by atoms with Crippen LogP contribution in [0.3, 0.4) is 0 Å². The molecule has 5 heteroatoms. The molecule has 40 heavy (non-hydrogen) atoms. The van der Waals surface area contributed by atoms with Crippen molar-refractivity contribution in [2.24, 2.45) is 0 Å². The fourth-order valence-electron chi connectivity index (χ4n) is 7.39. The predicted octanol–water partition coefficient (Wildman–Crippen LogP) is 11.2. The highest BCUT2D eigenvalue weighted by atomic mass is 32.2. The first-order chi connectivity index (χ1) is 19.4. The number of rotatable bonds is 4. The molecule has 4 aliphatic rings. The second-order valence-electron chi connectivity index (χ2n) is 11.7. The zero-order chi connectivity index (χ0) is 27.2. The van der Waals surface area contributed by atoms with E-state index in [4.69, 9.17) is 0 Å². The number of fused-ring (bicyclic) bond motifs is 4. The Morgan fingerprint density at radius 2 is 1.18 bits per heavy atom. The Bertz CT molecular complexity index is 1670. The maximum Gasteiger partial charge on any atom is 0.0635 e. The van der Waals surface area contributed by atoms with Crippen LogP contribution < -0.4 is 0 Å². The van der Waals surface area contributed by atoms with Gasteiger partial charge in [0.25, 0.3) is 0 Å². The zero-order valence-electron chi connectivity index (χ0n) is 23.2. The minimum absolute atomic E-state index is 0.105. The number of nitrogens with zero attached hydrogens (tertiary/aromatic N) is 1. The zero-order valence-corrected chi connectivity index (χ0v) is 26.4. The lowest BCUT2D eigenvalue weighted by atomic mass is 9.72. The van der Waals surface area contributed by atoms with E-state index >= 15 is 0 Å². The molecule has 2 atom stereocenters. The molecule has 8 rings (SSSR count). The minimum atomic E-state index is 0.105. The van der Waals surface area contributed by atoms with Crippen LogP contribution in [-0.2, 0) is 0 Å². The number of aromatic nitrogens is 1. The van der Waals surface area contributed by atoms with Crippen LogP contribution in [0.15, 0.2) is 116 Å². The Hall–Kier alpha value is -2.44. The van der Waals surface area contributed by atoms with Crippen molar-refractivity contribution in [1.29, 1.82) is 0 Å². The van der Waals surface area contributed by atoms with Gasteiger partial charge in [-0.1, -0.05) is 24.3 Å². The highest BCUT2D eigenvalue weighted by Crippen LogP contribution is 2.68. The van der Waals surface area contributed by atoms with Gasteiger partial charge in [0.15, 0.2) is 0 Å². The number of thiophene rings is 2. The number of hydrogen-bond donors (Lipinski definition) is 0. The van der Waals surface area contributed by atoms with Crippen molar-refractivity contribution in [3.63, 3.8) is 0 Å². The van der Waals surface area contributed by atoms with E-state index in [-0.39, 0.29) is 9.49 Å². The predicted molar refractivity (Wildman–Crippen MR) is 178 cm³/mol. The summed E-state index contributed by atoms with van der Waals surface area (Å²) in [6, 6.07) is 22.8. The first-order valence-corrected chi connectivity index (χ1v) is 17.4. The van der Waals surface area contributed by atoms with Crippen molar-refractivity contribution in [3.05, 3.63) is 121 Å². The number of thioether (sulfide) groups is 2. The molecule has 0 N–H and O–H groups in total. The first kappa shape index (κ1) is 25.3. The molecule has 5 heterocycles. The molecule has 4 aromatic rings. The Labute approximate surface area is 253 Å². The molecule has 0 spiro atoms. The summed E-state index contributed by atoms with van der Waals surface area (Å²) in [4.78, 5) is 5.52. The lowest BCUT2D eigenvalue weighted by molar-refractivity contribution is 0.607. The lowest BCUT2D eigenvalue weighted by Crippen LogP contribution is -2.47. The molecule has 0 bridgehead atoms. The number of benzene rings is 1. The van der Waals surface area contributed by atoms with Gasteiger partial charge in [-0.3, -0.25) is 0 Å². The van der Waals surface area contributed by atoms with Gasteiger partial charge in [0.1, 0.15) is 0 Å². The summed E-state index contributed by atoms with van der Waals surface area (Å²) in [5.74, 6) is 0.530. The molecule has 1 aromatic carbocycles. The van der Waals surface area contributed by atoms with Crippen LogP contribution in [0.2, 0.25) is 0 Å². The van der Waals surface area contributed by atoms with Crippen LogP contribution in [0, 0.1) is 0 Å². The Balaban J connectivity index is 1.19. The molecule has 1 saturated carbocycles. The minimum Gasteiger partial charge on any atom is -0.308 e. The van der Waals surface area contributed by atoms with E-state index < -0.39 is 0 Å². The fraction of sp³-hybridized carbons (Fsp3) is 0.257. The third-order valence-corrected chi connectivity index (χ3v) is 14.2. The summed E-state index contributed by atoms with van der Waals surface area (Å²) in [5.41, 5.74) is 11.7. The molecule has 0 amide bonds. The summed E-state index contributed by atoms with van der Waals surface area (Å²) < 4.78 is 2.65. The summed E-state index contributed by atoms with van der Waals surface area (Å²) >= 11 is 7.79. The van der Waals surface area contributed by atoms with Crippen LogP contribution in [0.1, 0.15) is 52.0 Å². The van der Waals surface area contributed by atoms with Crippen LogP contribution in [0.4, 0.5) is 0 Å². The van der Waals surface area contributed by atoms with Gasteiger partial charge in [-0.05, 0) is 143 Å². The standard InChI is InChI=1S/C35H31NS4/c1-21-17-28-26-19-24(20-27(26)29-18-22(2)40-35(29,4)34(28,3)39-21)23-9-11-25(12-10-23)36-30(32-7-5-15-37-32)13-14-31(36)33-8-6-16-38-33/h5-18,24H,19-20H2,1-4H3. The monoisotopic (exact) mass is 593 g/mol. The van der Waals surface area contributed by atoms with E-state index in [1.54, 1.807) is 45.0 Å². The molecule has 0 radical (unpaired) electrons. The van der Waals surface area contributed by atoms with Crippen molar-refractivity contribution < 1.29 is 0 Å². The van der Waals surface area contributed by atoms with Gasteiger partial charge in [0, 0.05) is 5.69 Å². The smallest absolute Gasteiger partial charge is 0.0635 e. The van der Waals surface area contributed by atoms with E-state index in [9.17, 15) is 0 Å². The average molecular weight is 594 g/mol. The molecule has 3 aromatic heterocycles. The molecular formula is C35H31NS4. The molecule has 2 aliphatic carbocycles. The van der Waals surface area contributed by atoms with E-state index in [1.165, 1.54) is 42.2 Å². The molecular weight excluding hydrogens is 563 g/mol.